The Bertz CT molecular complexity index is 1200. The summed E-state index contributed by atoms with van der Waals surface area (Å²) in [7, 11) is 0. The fourth-order valence-corrected chi connectivity index (χ4v) is 7.04. The second-order valence-electron chi connectivity index (χ2n) is 10.8. The minimum absolute atomic E-state index is 0.0366. The number of amides is 1. The summed E-state index contributed by atoms with van der Waals surface area (Å²) in [5, 5.41) is 14.0. The van der Waals surface area contributed by atoms with Crippen LogP contribution >= 0.6 is 23.2 Å². The average Bonchev–Trinajstić information content (AvgIpc) is 3.27. The zero-order valence-corrected chi connectivity index (χ0v) is 22.2. The van der Waals surface area contributed by atoms with E-state index in [2.05, 4.69) is 10.1 Å². The van der Waals surface area contributed by atoms with Gasteiger partial charge in [0.25, 0.3) is 5.91 Å². The lowest BCUT2D eigenvalue weighted by atomic mass is 9.52. The molecule has 7 nitrogen and oxygen atoms in total. The third kappa shape index (κ3) is 4.90. The number of hydrogen-bond donors (Lipinski definition) is 1. The van der Waals surface area contributed by atoms with Crippen LogP contribution in [0.3, 0.4) is 0 Å². The van der Waals surface area contributed by atoms with Crippen LogP contribution in [0.15, 0.2) is 18.6 Å². The number of nitrogens with zero attached hydrogens (tertiary/aromatic N) is 4. The van der Waals surface area contributed by atoms with Crippen molar-refractivity contribution >= 4 is 35.1 Å². The number of alkyl halides is 3. The summed E-state index contributed by atoms with van der Waals surface area (Å²) >= 11 is 12.6. The molecule has 1 N–H and O–H groups in total. The predicted molar refractivity (Wildman–Crippen MR) is 134 cm³/mol. The quantitative estimate of drug-likeness (QED) is 0.412. The molecule has 206 valence electrons. The van der Waals surface area contributed by atoms with Crippen LogP contribution in [0.1, 0.15) is 85.4 Å². The molecule has 2 heterocycles. The molecule has 0 radical (unpaired) electrons. The third-order valence-electron chi connectivity index (χ3n) is 8.85. The zero-order chi connectivity index (χ0) is 27.2. The summed E-state index contributed by atoms with van der Waals surface area (Å²) in [6, 6.07) is -0.771. The van der Waals surface area contributed by atoms with Gasteiger partial charge in [0, 0.05) is 25.0 Å². The topological polar surface area (TPSA) is 88.3 Å². The largest absolute Gasteiger partial charge is 0.481 e. The van der Waals surface area contributed by atoms with Crippen LogP contribution in [0.5, 0.6) is 0 Å². The normalized spacial score (nSPS) is 24.5. The Morgan fingerprint density at radius 3 is 2.21 bits per heavy atom. The van der Waals surface area contributed by atoms with Crippen molar-refractivity contribution in [1.82, 2.24) is 19.7 Å². The first kappa shape index (κ1) is 27.2. The van der Waals surface area contributed by atoms with Gasteiger partial charge in [-0.1, -0.05) is 29.6 Å². The van der Waals surface area contributed by atoms with Crippen molar-refractivity contribution in [1.29, 1.82) is 0 Å². The molecule has 1 atom stereocenters. The maximum absolute atomic E-state index is 14.4. The van der Waals surface area contributed by atoms with Crippen LogP contribution in [0.4, 0.5) is 13.2 Å². The van der Waals surface area contributed by atoms with E-state index >= 15 is 0 Å². The molecule has 3 saturated carbocycles. The lowest BCUT2D eigenvalue weighted by molar-refractivity contribution is -0.147. The number of pyridine rings is 1. The molecule has 1 amide bonds. The number of carboxylic acids is 1. The molecule has 1 spiro atoms. The van der Waals surface area contributed by atoms with E-state index in [4.69, 9.17) is 23.2 Å². The third-order valence-corrected chi connectivity index (χ3v) is 9.50. The van der Waals surface area contributed by atoms with E-state index in [-0.39, 0.29) is 50.1 Å². The van der Waals surface area contributed by atoms with Gasteiger partial charge in [0.15, 0.2) is 5.69 Å². The first-order valence-electron chi connectivity index (χ1n) is 13.0. The predicted octanol–water partition coefficient (Wildman–Crippen LogP) is 6.44. The molecule has 0 saturated heterocycles. The average molecular weight is 573 g/mol. The van der Waals surface area contributed by atoms with Crippen molar-refractivity contribution in [3.63, 3.8) is 0 Å². The van der Waals surface area contributed by atoms with E-state index in [1.807, 2.05) is 0 Å². The first-order chi connectivity index (χ1) is 18.0. The van der Waals surface area contributed by atoms with Crippen LogP contribution in [-0.2, 0) is 17.4 Å². The van der Waals surface area contributed by atoms with Crippen molar-refractivity contribution in [2.24, 2.45) is 11.3 Å². The molecule has 2 aromatic heterocycles. The number of hydrogen-bond acceptors (Lipinski definition) is 4. The van der Waals surface area contributed by atoms with E-state index in [1.165, 1.54) is 12.4 Å². The Labute approximate surface area is 228 Å². The van der Waals surface area contributed by atoms with Gasteiger partial charge >= 0.3 is 12.1 Å². The van der Waals surface area contributed by atoms with Crippen molar-refractivity contribution in [3.05, 3.63) is 45.5 Å². The molecule has 3 fully saturated rings. The van der Waals surface area contributed by atoms with E-state index < -0.39 is 41.3 Å². The van der Waals surface area contributed by atoms with Gasteiger partial charge in [-0.2, -0.15) is 18.3 Å². The smallest absolute Gasteiger partial charge is 0.433 e. The van der Waals surface area contributed by atoms with Gasteiger partial charge in [0.1, 0.15) is 0 Å². The SMILES string of the molecule is O=C(O)C1CCC(n2ncc(C(=O)N(CCc3c(Cl)cncc3Cl)[C@@H]3CCC34CCC4)c2C(F)(F)F)CC1. The lowest BCUT2D eigenvalue weighted by Gasteiger charge is -2.59. The highest BCUT2D eigenvalue weighted by Gasteiger charge is 2.54. The summed E-state index contributed by atoms with van der Waals surface area (Å²) < 4.78 is 44.2. The molecule has 2 aromatic rings. The second-order valence-corrected chi connectivity index (χ2v) is 11.6. The van der Waals surface area contributed by atoms with Crippen molar-refractivity contribution in [3.8, 4) is 0 Å². The minimum Gasteiger partial charge on any atom is -0.481 e. The van der Waals surface area contributed by atoms with Gasteiger partial charge in [-0.3, -0.25) is 19.3 Å². The van der Waals surface area contributed by atoms with E-state index in [0.717, 1.165) is 43.0 Å². The number of halogens is 5. The van der Waals surface area contributed by atoms with Crippen molar-refractivity contribution in [2.45, 2.75) is 82.5 Å². The summed E-state index contributed by atoms with van der Waals surface area (Å²) in [5.74, 6) is -2.21. The summed E-state index contributed by atoms with van der Waals surface area (Å²) in [5.41, 5.74) is -0.963. The second kappa shape index (κ2) is 10.3. The maximum Gasteiger partial charge on any atom is 0.433 e. The molecule has 12 heteroatoms. The van der Waals surface area contributed by atoms with Gasteiger partial charge in [0.05, 0.1) is 33.8 Å². The molecule has 0 aromatic carbocycles. The highest BCUT2D eigenvalue weighted by molar-refractivity contribution is 6.35. The molecule has 0 aliphatic heterocycles. The molecule has 3 aliphatic rings. The lowest BCUT2D eigenvalue weighted by Crippen LogP contribution is -2.60. The standard InChI is InChI=1S/C26H29Cl2F3N4O3/c27-19-13-32-14-20(28)17(19)7-11-34(21-6-10-25(21)8-1-9-25)23(36)18-12-33-35(22(18)26(29,30)31)16-4-2-15(3-5-16)24(37)38/h12-16,21H,1-11H2,(H,37,38)/t15?,16?,21-/m1/s1. The molecule has 0 bridgehead atoms. The van der Waals surface area contributed by atoms with Crippen molar-refractivity contribution < 1.29 is 27.9 Å². The van der Waals surface area contributed by atoms with Gasteiger partial charge in [0.2, 0.25) is 0 Å². The first-order valence-corrected chi connectivity index (χ1v) is 13.7. The highest BCUT2D eigenvalue weighted by Crippen LogP contribution is 2.58. The summed E-state index contributed by atoms with van der Waals surface area (Å²) in [4.78, 5) is 30.8. The molecular weight excluding hydrogens is 544 g/mol. The van der Waals surface area contributed by atoms with Crippen LogP contribution in [-0.4, -0.2) is 49.2 Å². The fraction of sp³-hybridized carbons (Fsp3) is 0.615. The van der Waals surface area contributed by atoms with Gasteiger partial charge < -0.3 is 10.0 Å². The fourth-order valence-electron chi connectivity index (χ4n) is 6.49. The van der Waals surface area contributed by atoms with Gasteiger partial charge in [-0.25, -0.2) is 0 Å². The Morgan fingerprint density at radius 2 is 1.71 bits per heavy atom. The van der Waals surface area contributed by atoms with E-state index in [0.29, 0.717) is 15.6 Å². The minimum atomic E-state index is -4.80. The van der Waals surface area contributed by atoms with Crippen LogP contribution in [0.2, 0.25) is 10.0 Å². The van der Waals surface area contributed by atoms with Gasteiger partial charge in [-0.05, 0) is 68.8 Å². The van der Waals surface area contributed by atoms with Gasteiger partial charge in [-0.15, -0.1) is 0 Å². The monoisotopic (exact) mass is 572 g/mol. The van der Waals surface area contributed by atoms with E-state index in [9.17, 15) is 27.9 Å². The Balaban J connectivity index is 1.45. The van der Waals surface area contributed by atoms with Crippen LogP contribution in [0, 0.1) is 11.3 Å². The zero-order valence-electron chi connectivity index (χ0n) is 20.7. The molecule has 5 rings (SSSR count). The summed E-state index contributed by atoms with van der Waals surface area (Å²) in [6.07, 6.45) is 5.11. The van der Waals surface area contributed by atoms with Crippen molar-refractivity contribution in [2.75, 3.05) is 6.54 Å². The Hall–Kier alpha value is -2.33. The van der Waals surface area contributed by atoms with Crippen LogP contribution in [0.25, 0.3) is 0 Å². The molecule has 38 heavy (non-hydrogen) atoms. The number of aromatic nitrogens is 3. The Morgan fingerprint density at radius 1 is 1.05 bits per heavy atom. The Kier molecular flexibility index (Phi) is 7.41. The number of carbonyl (C=O) groups excluding carboxylic acids is 1. The number of aliphatic carboxylic acids is 1. The molecule has 0 unspecified atom stereocenters. The van der Waals surface area contributed by atoms with Crippen LogP contribution < -0.4 is 0 Å². The van der Waals surface area contributed by atoms with E-state index in [1.54, 1.807) is 4.90 Å². The highest BCUT2D eigenvalue weighted by atomic mass is 35.5. The maximum atomic E-state index is 14.4. The number of rotatable bonds is 7. The molecular formula is C26H29Cl2F3N4O3. The number of carboxylic acid groups (broad SMARTS) is 1. The molecule has 3 aliphatic carbocycles. The number of carbonyl (C=O) groups is 2. The summed E-state index contributed by atoms with van der Waals surface area (Å²) in [6.45, 7) is 0.168.